The molecule has 0 spiro atoms. The molecule has 0 unspecified atom stereocenters. The lowest BCUT2D eigenvalue weighted by Crippen LogP contribution is -2.50. The summed E-state index contributed by atoms with van der Waals surface area (Å²) in [6.07, 6.45) is 3.37. The number of hydrogen-bond acceptors (Lipinski definition) is 7. The highest BCUT2D eigenvalue weighted by Crippen LogP contribution is 2.36. The van der Waals surface area contributed by atoms with Gasteiger partial charge in [-0.1, -0.05) is 0 Å². The zero-order chi connectivity index (χ0) is 24.3. The third-order valence-corrected chi connectivity index (χ3v) is 7.44. The number of rotatable bonds is 4. The van der Waals surface area contributed by atoms with Crippen LogP contribution in [0.1, 0.15) is 35.6 Å². The van der Waals surface area contributed by atoms with E-state index in [4.69, 9.17) is 9.15 Å². The molecule has 1 fully saturated rings. The maximum atomic E-state index is 13.0. The SMILES string of the molecule is O=C(COc1ccc2c3c(c(=O)oc2c1)CCC3)N1C[C@@H]2C[C@@H](C1)c1ccc([N+](=O)[O-])c(=O)n1C2. The van der Waals surface area contributed by atoms with E-state index in [9.17, 15) is 24.5 Å². The topological polar surface area (TPSA) is 125 Å². The van der Waals surface area contributed by atoms with Gasteiger partial charge in [0, 0.05) is 54.3 Å². The first-order valence-corrected chi connectivity index (χ1v) is 11.8. The minimum atomic E-state index is -0.654. The van der Waals surface area contributed by atoms with Gasteiger partial charge in [-0.05, 0) is 55.4 Å². The van der Waals surface area contributed by atoms with E-state index in [1.54, 1.807) is 23.1 Å². The van der Waals surface area contributed by atoms with E-state index in [2.05, 4.69) is 0 Å². The van der Waals surface area contributed by atoms with Crippen molar-refractivity contribution < 1.29 is 18.9 Å². The quantitative estimate of drug-likeness (QED) is 0.321. The summed E-state index contributed by atoms with van der Waals surface area (Å²) >= 11 is 0. The summed E-state index contributed by atoms with van der Waals surface area (Å²) in [7, 11) is 0. The second-order valence-electron chi connectivity index (χ2n) is 9.56. The molecule has 2 bridgehead atoms. The highest BCUT2D eigenvalue weighted by atomic mass is 16.6. The van der Waals surface area contributed by atoms with Crippen molar-refractivity contribution >= 4 is 22.6 Å². The molecule has 1 aliphatic carbocycles. The van der Waals surface area contributed by atoms with E-state index >= 15 is 0 Å². The molecule has 10 nitrogen and oxygen atoms in total. The normalized spacial score (nSPS) is 20.4. The number of aromatic nitrogens is 1. The Labute approximate surface area is 198 Å². The molecule has 3 aliphatic rings. The van der Waals surface area contributed by atoms with Crippen molar-refractivity contribution in [2.45, 2.75) is 38.1 Å². The molecule has 1 aromatic carbocycles. The molecule has 1 saturated heterocycles. The van der Waals surface area contributed by atoms with E-state index in [0.29, 0.717) is 31.0 Å². The number of nitrogens with zero attached hydrogens (tertiary/aromatic N) is 3. The van der Waals surface area contributed by atoms with Crippen molar-refractivity contribution in [3.63, 3.8) is 0 Å². The van der Waals surface area contributed by atoms with Gasteiger partial charge in [0.05, 0.1) is 4.92 Å². The minimum Gasteiger partial charge on any atom is -0.484 e. The van der Waals surface area contributed by atoms with Gasteiger partial charge in [-0.25, -0.2) is 4.79 Å². The Hall–Kier alpha value is -3.95. The molecule has 35 heavy (non-hydrogen) atoms. The Morgan fingerprint density at radius 2 is 1.94 bits per heavy atom. The van der Waals surface area contributed by atoms with Crippen LogP contribution >= 0.6 is 0 Å². The third kappa shape index (κ3) is 3.60. The Morgan fingerprint density at radius 3 is 2.77 bits per heavy atom. The van der Waals surface area contributed by atoms with Gasteiger partial charge in [0.1, 0.15) is 11.3 Å². The molecule has 1 amide bonds. The average Bonchev–Trinajstić information content (AvgIpc) is 3.34. The zero-order valence-corrected chi connectivity index (χ0v) is 18.9. The first-order chi connectivity index (χ1) is 16.9. The fraction of sp³-hybridized carbons (Fsp3) is 0.400. The molecular weight excluding hydrogens is 454 g/mol. The van der Waals surface area contributed by atoms with E-state index in [1.165, 1.54) is 10.6 Å². The Kier molecular flexibility index (Phi) is 4.98. The van der Waals surface area contributed by atoms with Gasteiger partial charge in [-0.2, -0.15) is 0 Å². The fourth-order valence-electron chi connectivity index (χ4n) is 5.87. The summed E-state index contributed by atoms with van der Waals surface area (Å²) < 4.78 is 12.7. The summed E-state index contributed by atoms with van der Waals surface area (Å²) in [4.78, 5) is 49.9. The van der Waals surface area contributed by atoms with Crippen LogP contribution in [0.2, 0.25) is 0 Å². The lowest BCUT2D eigenvalue weighted by Gasteiger charge is -2.42. The van der Waals surface area contributed by atoms with E-state index in [0.717, 1.165) is 47.9 Å². The standard InChI is InChI=1S/C25H23N3O7/c29-23(13-34-16-4-5-18-17-2-1-3-19(17)25(31)35-22(18)9-16)26-10-14-8-15(12-26)20-6-7-21(28(32)33)24(30)27(20)11-14/h4-7,9,14-15H,1-3,8,10-13H2/t14-,15-/m0/s1. The molecule has 0 saturated carbocycles. The molecule has 6 rings (SSSR count). The molecule has 0 N–H and O–H groups in total. The number of hydrogen-bond donors (Lipinski definition) is 0. The molecular formula is C25H23N3O7. The molecule has 0 radical (unpaired) electrons. The maximum absolute atomic E-state index is 13.0. The van der Waals surface area contributed by atoms with Gasteiger partial charge >= 0.3 is 16.9 Å². The van der Waals surface area contributed by atoms with E-state index < -0.39 is 16.2 Å². The summed E-state index contributed by atoms with van der Waals surface area (Å²) in [5.41, 5.74) is 1.68. The Morgan fingerprint density at radius 1 is 1.11 bits per heavy atom. The number of nitro groups is 1. The predicted molar refractivity (Wildman–Crippen MR) is 125 cm³/mol. The number of aryl methyl sites for hydroxylation is 1. The van der Waals surface area contributed by atoms with Crippen molar-refractivity contribution in [1.82, 2.24) is 9.47 Å². The van der Waals surface area contributed by atoms with Gasteiger partial charge in [-0.15, -0.1) is 0 Å². The number of piperidine rings is 1. The van der Waals surface area contributed by atoms with Crippen LogP contribution in [0.25, 0.3) is 11.0 Å². The van der Waals surface area contributed by atoms with E-state index in [-0.39, 0.29) is 30.0 Å². The average molecular weight is 477 g/mol. The molecule has 3 aromatic rings. The van der Waals surface area contributed by atoms with Crippen LogP contribution in [0.5, 0.6) is 5.75 Å². The lowest BCUT2D eigenvalue weighted by atomic mass is 9.83. The number of amides is 1. The van der Waals surface area contributed by atoms with Crippen LogP contribution in [-0.2, 0) is 24.2 Å². The van der Waals surface area contributed by atoms with Crippen molar-refractivity contribution in [3.8, 4) is 5.75 Å². The third-order valence-electron chi connectivity index (χ3n) is 7.44. The zero-order valence-electron chi connectivity index (χ0n) is 18.9. The Bertz CT molecular complexity index is 1510. The second kappa shape index (κ2) is 8.07. The molecule has 180 valence electrons. The monoisotopic (exact) mass is 477 g/mol. The van der Waals surface area contributed by atoms with Crippen LogP contribution in [0.4, 0.5) is 5.69 Å². The number of carbonyl (C=O) groups is 1. The maximum Gasteiger partial charge on any atom is 0.339 e. The first kappa shape index (κ1) is 21.6. The Balaban J connectivity index is 1.17. The second-order valence-corrected chi connectivity index (χ2v) is 9.56. The number of fused-ring (bicyclic) bond motifs is 7. The number of benzene rings is 1. The van der Waals surface area contributed by atoms with Crippen molar-refractivity contribution in [2.75, 3.05) is 19.7 Å². The van der Waals surface area contributed by atoms with Crippen molar-refractivity contribution in [3.05, 3.63) is 78.0 Å². The number of likely N-dealkylation sites (tertiary alicyclic amines) is 1. The largest absolute Gasteiger partial charge is 0.484 e. The van der Waals surface area contributed by atoms with Crippen molar-refractivity contribution in [1.29, 1.82) is 0 Å². The summed E-state index contributed by atoms with van der Waals surface area (Å²) in [5.74, 6) is 0.264. The van der Waals surface area contributed by atoms with Gasteiger partial charge in [-0.3, -0.25) is 19.7 Å². The van der Waals surface area contributed by atoms with Crippen LogP contribution < -0.4 is 15.9 Å². The summed E-state index contributed by atoms with van der Waals surface area (Å²) in [6.45, 7) is 1.08. The fourth-order valence-corrected chi connectivity index (χ4v) is 5.87. The first-order valence-electron chi connectivity index (χ1n) is 11.8. The number of carbonyl (C=O) groups excluding carboxylic acids is 1. The number of pyridine rings is 1. The highest BCUT2D eigenvalue weighted by molar-refractivity contribution is 5.83. The molecule has 10 heteroatoms. The van der Waals surface area contributed by atoms with Crippen LogP contribution in [0, 0.1) is 16.0 Å². The molecule has 2 aliphatic heterocycles. The van der Waals surface area contributed by atoms with Crippen LogP contribution in [0.15, 0.2) is 44.3 Å². The highest BCUT2D eigenvalue weighted by Gasteiger charge is 2.37. The van der Waals surface area contributed by atoms with Crippen molar-refractivity contribution in [2.24, 2.45) is 5.92 Å². The van der Waals surface area contributed by atoms with Gasteiger partial charge < -0.3 is 18.6 Å². The molecule has 2 atom stereocenters. The molecule has 4 heterocycles. The number of ether oxygens (including phenoxy) is 1. The van der Waals surface area contributed by atoms with E-state index in [1.807, 2.05) is 6.07 Å². The van der Waals surface area contributed by atoms with Crippen LogP contribution in [0.3, 0.4) is 0 Å². The summed E-state index contributed by atoms with van der Waals surface area (Å²) in [5, 5.41) is 12.0. The lowest BCUT2D eigenvalue weighted by molar-refractivity contribution is -0.386. The smallest absolute Gasteiger partial charge is 0.339 e. The predicted octanol–water partition coefficient (Wildman–Crippen LogP) is 2.38. The van der Waals surface area contributed by atoms with Gasteiger partial charge in [0.2, 0.25) is 0 Å². The van der Waals surface area contributed by atoms with Gasteiger partial charge in [0.15, 0.2) is 6.61 Å². The summed E-state index contributed by atoms with van der Waals surface area (Å²) in [6, 6.07) is 8.20. The molecule has 2 aromatic heterocycles. The minimum absolute atomic E-state index is 0.0435. The van der Waals surface area contributed by atoms with Crippen LogP contribution in [-0.4, -0.2) is 40.0 Å². The van der Waals surface area contributed by atoms with Gasteiger partial charge in [0.25, 0.3) is 5.91 Å².